The minimum absolute atomic E-state index is 0.214. The molecule has 3 nitrogen and oxygen atoms in total. The van der Waals surface area contributed by atoms with Crippen LogP contribution in [0.5, 0.6) is 0 Å². The minimum Gasteiger partial charge on any atom is -0.322 e. The van der Waals surface area contributed by atoms with E-state index in [-0.39, 0.29) is 6.04 Å². The van der Waals surface area contributed by atoms with Gasteiger partial charge in [0.05, 0.1) is 11.7 Å². The Morgan fingerprint density at radius 1 is 1.24 bits per heavy atom. The van der Waals surface area contributed by atoms with E-state index >= 15 is 0 Å². The van der Waals surface area contributed by atoms with E-state index in [0.29, 0.717) is 16.5 Å². The smallest absolute Gasteiger partial charge is 0.115 e. The van der Waals surface area contributed by atoms with Crippen LogP contribution in [0.4, 0.5) is 0 Å². The average Bonchev–Trinajstić information content (AvgIpc) is 2.35. The van der Waals surface area contributed by atoms with Crippen molar-refractivity contribution in [2.24, 2.45) is 5.73 Å². The number of aromatic nitrogens is 2. The summed E-state index contributed by atoms with van der Waals surface area (Å²) in [5.41, 5.74) is 7.76. The van der Waals surface area contributed by atoms with Crippen molar-refractivity contribution in [2.45, 2.75) is 12.5 Å². The van der Waals surface area contributed by atoms with Gasteiger partial charge in [-0.15, -0.1) is 0 Å². The number of rotatable bonds is 3. The van der Waals surface area contributed by atoms with Crippen molar-refractivity contribution >= 4 is 23.2 Å². The van der Waals surface area contributed by atoms with Gasteiger partial charge in [0, 0.05) is 16.2 Å². The van der Waals surface area contributed by atoms with Crippen LogP contribution in [0.1, 0.15) is 17.3 Å². The first-order valence-electron chi connectivity index (χ1n) is 5.12. The second-order valence-corrected chi connectivity index (χ2v) is 4.52. The fourth-order valence-corrected chi connectivity index (χ4v) is 1.95. The minimum atomic E-state index is -0.214. The number of nitrogens with zero attached hydrogens (tertiary/aromatic N) is 2. The zero-order chi connectivity index (χ0) is 12.3. The first kappa shape index (κ1) is 12.3. The summed E-state index contributed by atoms with van der Waals surface area (Å²) in [5, 5.41) is 1.32. The summed E-state index contributed by atoms with van der Waals surface area (Å²) in [6.07, 6.45) is 3.74. The van der Waals surface area contributed by atoms with E-state index in [1.807, 2.05) is 6.07 Å². The third-order valence-electron chi connectivity index (χ3n) is 2.43. The van der Waals surface area contributed by atoms with Gasteiger partial charge in [-0.3, -0.25) is 0 Å². The maximum atomic E-state index is 6.08. The van der Waals surface area contributed by atoms with E-state index < -0.39 is 0 Å². The lowest BCUT2D eigenvalue weighted by Gasteiger charge is -2.12. The molecule has 1 aromatic heterocycles. The van der Waals surface area contributed by atoms with Crippen molar-refractivity contribution in [3.8, 4) is 0 Å². The average molecular weight is 268 g/mol. The number of nitrogens with two attached hydrogens (primary N) is 1. The zero-order valence-corrected chi connectivity index (χ0v) is 10.5. The molecule has 88 valence electrons. The molecule has 0 bridgehead atoms. The predicted octanol–water partition coefficient (Wildman–Crippen LogP) is 3.03. The summed E-state index contributed by atoms with van der Waals surface area (Å²) < 4.78 is 0. The van der Waals surface area contributed by atoms with E-state index in [9.17, 15) is 0 Å². The van der Waals surface area contributed by atoms with E-state index in [1.165, 1.54) is 6.33 Å². The molecular formula is C12H11Cl2N3. The lowest BCUT2D eigenvalue weighted by atomic mass is 10.0. The van der Waals surface area contributed by atoms with Gasteiger partial charge in [0.1, 0.15) is 6.33 Å². The first-order chi connectivity index (χ1) is 8.16. The van der Waals surface area contributed by atoms with Crippen molar-refractivity contribution in [2.75, 3.05) is 0 Å². The molecule has 0 amide bonds. The van der Waals surface area contributed by atoms with Gasteiger partial charge < -0.3 is 5.73 Å². The van der Waals surface area contributed by atoms with Crippen LogP contribution >= 0.6 is 23.2 Å². The normalized spacial score (nSPS) is 12.4. The van der Waals surface area contributed by atoms with Crippen molar-refractivity contribution in [1.29, 1.82) is 0 Å². The van der Waals surface area contributed by atoms with Gasteiger partial charge in [-0.2, -0.15) is 0 Å². The molecule has 1 heterocycles. The number of benzene rings is 1. The van der Waals surface area contributed by atoms with Gasteiger partial charge in [-0.1, -0.05) is 23.2 Å². The Balaban J connectivity index is 2.18. The molecule has 0 saturated heterocycles. The molecule has 0 aliphatic rings. The molecule has 2 aromatic rings. The monoisotopic (exact) mass is 267 g/mol. The molecule has 1 atom stereocenters. The molecule has 0 aliphatic heterocycles. The molecule has 0 spiro atoms. The highest BCUT2D eigenvalue weighted by Gasteiger charge is 2.11. The molecule has 2 rings (SSSR count). The number of halogens is 2. The van der Waals surface area contributed by atoms with Crippen LogP contribution in [0.15, 0.2) is 36.8 Å². The summed E-state index contributed by atoms with van der Waals surface area (Å²) in [4.78, 5) is 7.97. The van der Waals surface area contributed by atoms with Crippen LogP contribution in [0, 0.1) is 0 Å². The van der Waals surface area contributed by atoms with Gasteiger partial charge >= 0.3 is 0 Å². The zero-order valence-electron chi connectivity index (χ0n) is 8.98. The molecular weight excluding hydrogens is 257 g/mol. The Hall–Kier alpha value is -1.16. The molecule has 1 unspecified atom stereocenters. The van der Waals surface area contributed by atoms with E-state index in [1.54, 1.807) is 24.4 Å². The molecule has 17 heavy (non-hydrogen) atoms. The highest BCUT2D eigenvalue weighted by Crippen LogP contribution is 2.24. The molecule has 2 N–H and O–H groups in total. The maximum absolute atomic E-state index is 6.08. The molecule has 5 heteroatoms. The molecule has 0 fully saturated rings. The number of hydrogen-bond acceptors (Lipinski definition) is 3. The third-order valence-corrected chi connectivity index (χ3v) is 3.04. The van der Waals surface area contributed by atoms with Crippen LogP contribution in [-0.2, 0) is 6.42 Å². The number of hydrogen-bond donors (Lipinski definition) is 1. The standard InChI is InChI=1S/C12H11Cl2N3/c13-9-1-2-10(14)8(5-9)6-11(15)12-3-4-16-7-17-12/h1-5,7,11H,6,15H2. The van der Waals surface area contributed by atoms with Gasteiger partial charge in [0.2, 0.25) is 0 Å². The SMILES string of the molecule is NC(Cc1cc(Cl)ccc1Cl)c1ccncn1. The fraction of sp³-hybridized carbons (Fsp3) is 0.167. The Morgan fingerprint density at radius 3 is 2.76 bits per heavy atom. The fourth-order valence-electron chi connectivity index (χ4n) is 1.56. The van der Waals surface area contributed by atoms with Gasteiger partial charge in [-0.05, 0) is 36.2 Å². The van der Waals surface area contributed by atoms with E-state index in [2.05, 4.69) is 9.97 Å². The van der Waals surface area contributed by atoms with E-state index in [0.717, 1.165) is 11.3 Å². The molecule has 1 aromatic carbocycles. The Morgan fingerprint density at radius 2 is 2.06 bits per heavy atom. The molecule has 0 radical (unpaired) electrons. The van der Waals surface area contributed by atoms with Gasteiger partial charge in [0.15, 0.2) is 0 Å². The lowest BCUT2D eigenvalue weighted by Crippen LogP contribution is -2.15. The van der Waals surface area contributed by atoms with Crippen LogP contribution in [-0.4, -0.2) is 9.97 Å². The van der Waals surface area contributed by atoms with Crippen molar-refractivity contribution < 1.29 is 0 Å². The topological polar surface area (TPSA) is 51.8 Å². The van der Waals surface area contributed by atoms with E-state index in [4.69, 9.17) is 28.9 Å². The largest absolute Gasteiger partial charge is 0.322 e. The second kappa shape index (κ2) is 5.45. The van der Waals surface area contributed by atoms with Gasteiger partial charge in [-0.25, -0.2) is 9.97 Å². The summed E-state index contributed by atoms with van der Waals surface area (Å²) in [5.74, 6) is 0. The quantitative estimate of drug-likeness (QED) is 0.930. The third kappa shape index (κ3) is 3.16. The van der Waals surface area contributed by atoms with Crippen molar-refractivity contribution in [1.82, 2.24) is 9.97 Å². The highest BCUT2D eigenvalue weighted by atomic mass is 35.5. The van der Waals surface area contributed by atoms with Gasteiger partial charge in [0.25, 0.3) is 0 Å². The summed E-state index contributed by atoms with van der Waals surface area (Å²) >= 11 is 12.0. The molecule has 0 saturated carbocycles. The van der Waals surface area contributed by atoms with Crippen molar-refractivity contribution in [3.63, 3.8) is 0 Å². The van der Waals surface area contributed by atoms with Crippen LogP contribution in [0.3, 0.4) is 0 Å². The van der Waals surface area contributed by atoms with Crippen molar-refractivity contribution in [3.05, 3.63) is 58.1 Å². The second-order valence-electron chi connectivity index (χ2n) is 3.68. The maximum Gasteiger partial charge on any atom is 0.115 e. The lowest BCUT2D eigenvalue weighted by molar-refractivity contribution is 0.693. The highest BCUT2D eigenvalue weighted by molar-refractivity contribution is 6.33. The summed E-state index contributed by atoms with van der Waals surface area (Å²) in [7, 11) is 0. The van der Waals surface area contributed by atoms with Crippen LogP contribution in [0.25, 0.3) is 0 Å². The summed E-state index contributed by atoms with van der Waals surface area (Å²) in [6.45, 7) is 0. The summed E-state index contributed by atoms with van der Waals surface area (Å²) in [6, 6.07) is 6.93. The Labute approximate surface area is 110 Å². The molecule has 0 aliphatic carbocycles. The van der Waals surface area contributed by atoms with Crippen LogP contribution in [0.2, 0.25) is 10.0 Å². The predicted molar refractivity (Wildman–Crippen MR) is 69.1 cm³/mol. The van der Waals surface area contributed by atoms with Crippen LogP contribution < -0.4 is 5.73 Å². The Kier molecular flexibility index (Phi) is 3.94. The Bertz CT molecular complexity index is 502. The first-order valence-corrected chi connectivity index (χ1v) is 5.88.